The molecule has 5 heteroatoms. The van der Waals surface area contributed by atoms with Crippen molar-refractivity contribution < 1.29 is 9.53 Å². The van der Waals surface area contributed by atoms with E-state index < -0.39 is 5.54 Å². The fourth-order valence-electron chi connectivity index (χ4n) is 1.92. The number of carbonyl (C=O) groups is 1. The monoisotopic (exact) mass is 229 g/mol. The second-order valence-electron chi connectivity index (χ2n) is 4.91. The van der Waals surface area contributed by atoms with Crippen LogP contribution in [-0.2, 0) is 9.53 Å². The molecule has 1 amide bonds. The average Bonchev–Trinajstić information content (AvgIpc) is 2.17. The van der Waals surface area contributed by atoms with Gasteiger partial charge in [0.05, 0.1) is 5.54 Å². The molecule has 3 N–H and O–H groups in total. The Morgan fingerprint density at radius 1 is 1.50 bits per heavy atom. The first kappa shape index (κ1) is 13.4. The summed E-state index contributed by atoms with van der Waals surface area (Å²) in [6, 6.07) is 0.116. The van der Waals surface area contributed by atoms with Gasteiger partial charge in [0.25, 0.3) is 0 Å². The first-order chi connectivity index (χ1) is 7.44. The molecule has 1 heterocycles. The van der Waals surface area contributed by atoms with Crippen molar-refractivity contribution >= 4 is 5.91 Å². The van der Waals surface area contributed by atoms with Gasteiger partial charge in [-0.05, 0) is 33.9 Å². The largest absolute Gasteiger partial charge is 0.381 e. The normalized spacial score (nSPS) is 21.8. The molecule has 0 spiro atoms. The second-order valence-corrected chi connectivity index (χ2v) is 4.91. The van der Waals surface area contributed by atoms with Gasteiger partial charge in [-0.15, -0.1) is 0 Å². The number of nitrogens with two attached hydrogens (primary N) is 1. The second kappa shape index (κ2) is 5.61. The highest BCUT2D eigenvalue weighted by Crippen LogP contribution is 2.17. The summed E-state index contributed by atoms with van der Waals surface area (Å²) in [6.07, 6.45) is 1.21. The minimum absolute atomic E-state index is 0.0508. The van der Waals surface area contributed by atoms with Gasteiger partial charge in [0.1, 0.15) is 0 Å². The smallest absolute Gasteiger partial charge is 0.240 e. The summed E-state index contributed by atoms with van der Waals surface area (Å²) < 4.78 is 5.22. The molecule has 0 bridgehead atoms. The van der Waals surface area contributed by atoms with Crippen molar-refractivity contribution in [2.45, 2.75) is 31.3 Å². The molecule has 5 nitrogen and oxygen atoms in total. The molecule has 94 valence electrons. The lowest BCUT2D eigenvalue weighted by Crippen LogP contribution is -2.59. The summed E-state index contributed by atoms with van der Waals surface area (Å²) in [4.78, 5) is 14.0. The summed E-state index contributed by atoms with van der Waals surface area (Å²) in [6.45, 7) is 3.96. The summed E-state index contributed by atoms with van der Waals surface area (Å²) in [5.74, 6) is -0.0508. The number of carbonyl (C=O) groups excluding carboxylic acids is 1. The molecule has 0 saturated carbocycles. The van der Waals surface area contributed by atoms with E-state index in [0.717, 1.165) is 6.54 Å². The SMILES string of the molecule is CC(CN(C)C)NC(=O)C1(N)CCOCC1. The van der Waals surface area contributed by atoms with Crippen LogP contribution in [-0.4, -0.2) is 56.2 Å². The van der Waals surface area contributed by atoms with Crippen LogP contribution >= 0.6 is 0 Å². The molecular formula is C11H23N3O2. The van der Waals surface area contributed by atoms with Gasteiger partial charge in [-0.25, -0.2) is 0 Å². The zero-order valence-electron chi connectivity index (χ0n) is 10.5. The minimum atomic E-state index is -0.737. The van der Waals surface area contributed by atoms with E-state index in [1.165, 1.54) is 0 Å². The molecule has 0 aromatic carbocycles. The molecule has 0 aromatic rings. The highest BCUT2D eigenvalue weighted by Gasteiger charge is 2.36. The standard InChI is InChI=1S/C11H23N3O2/c1-9(8-14(2)3)13-10(15)11(12)4-6-16-7-5-11/h9H,4-8,12H2,1-3H3,(H,13,15). The maximum absolute atomic E-state index is 12.0. The molecule has 0 aromatic heterocycles. The molecular weight excluding hydrogens is 206 g/mol. The molecule has 0 aliphatic carbocycles. The van der Waals surface area contributed by atoms with Crippen LogP contribution in [0.5, 0.6) is 0 Å². The van der Waals surface area contributed by atoms with Crippen LogP contribution in [0.15, 0.2) is 0 Å². The van der Waals surface area contributed by atoms with Crippen molar-refractivity contribution in [1.82, 2.24) is 10.2 Å². The van der Waals surface area contributed by atoms with E-state index in [0.29, 0.717) is 26.1 Å². The van der Waals surface area contributed by atoms with Gasteiger partial charge in [0.15, 0.2) is 0 Å². The highest BCUT2D eigenvalue weighted by atomic mass is 16.5. The van der Waals surface area contributed by atoms with Crippen molar-refractivity contribution in [3.05, 3.63) is 0 Å². The van der Waals surface area contributed by atoms with E-state index in [1.807, 2.05) is 25.9 Å². The van der Waals surface area contributed by atoms with Gasteiger partial charge >= 0.3 is 0 Å². The molecule has 1 atom stereocenters. The van der Waals surface area contributed by atoms with Crippen molar-refractivity contribution in [3.8, 4) is 0 Å². The number of hydrogen-bond donors (Lipinski definition) is 2. The topological polar surface area (TPSA) is 67.6 Å². The number of hydrogen-bond acceptors (Lipinski definition) is 4. The third-order valence-electron chi connectivity index (χ3n) is 2.85. The Labute approximate surface area is 97.3 Å². The van der Waals surface area contributed by atoms with Crippen molar-refractivity contribution in [2.24, 2.45) is 5.73 Å². The Hall–Kier alpha value is -0.650. The number of likely N-dealkylation sites (N-methyl/N-ethyl adjacent to an activating group) is 1. The Balaban J connectivity index is 2.44. The summed E-state index contributed by atoms with van der Waals surface area (Å²) in [5, 5.41) is 2.96. The molecule has 1 aliphatic rings. The lowest BCUT2D eigenvalue weighted by atomic mass is 9.90. The van der Waals surface area contributed by atoms with Gasteiger partial charge in [0, 0.05) is 25.8 Å². The van der Waals surface area contributed by atoms with E-state index in [-0.39, 0.29) is 11.9 Å². The van der Waals surface area contributed by atoms with Gasteiger partial charge < -0.3 is 20.7 Å². The first-order valence-electron chi connectivity index (χ1n) is 5.76. The number of ether oxygens (including phenoxy) is 1. The van der Waals surface area contributed by atoms with Crippen LogP contribution in [0.1, 0.15) is 19.8 Å². The van der Waals surface area contributed by atoms with Crippen LogP contribution < -0.4 is 11.1 Å². The zero-order valence-corrected chi connectivity index (χ0v) is 10.5. The van der Waals surface area contributed by atoms with Crippen molar-refractivity contribution in [2.75, 3.05) is 33.9 Å². The maximum atomic E-state index is 12.0. The number of nitrogens with zero attached hydrogens (tertiary/aromatic N) is 1. The van der Waals surface area contributed by atoms with E-state index in [4.69, 9.17) is 10.5 Å². The maximum Gasteiger partial charge on any atom is 0.240 e. The summed E-state index contributed by atoms with van der Waals surface area (Å²) in [7, 11) is 3.96. The Bertz CT molecular complexity index is 237. The van der Waals surface area contributed by atoms with Crippen LogP contribution in [0.3, 0.4) is 0 Å². The van der Waals surface area contributed by atoms with Crippen molar-refractivity contribution in [3.63, 3.8) is 0 Å². The summed E-state index contributed by atoms with van der Waals surface area (Å²) >= 11 is 0. The molecule has 1 fully saturated rings. The Morgan fingerprint density at radius 3 is 2.56 bits per heavy atom. The molecule has 1 rings (SSSR count). The summed E-state index contributed by atoms with van der Waals surface area (Å²) in [5.41, 5.74) is 5.34. The van der Waals surface area contributed by atoms with E-state index in [1.54, 1.807) is 0 Å². The molecule has 0 radical (unpaired) electrons. The third-order valence-corrected chi connectivity index (χ3v) is 2.85. The lowest BCUT2D eigenvalue weighted by Gasteiger charge is -2.33. The number of amides is 1. The van der Waals surface area contributed by atoms with E-state index >= 15 is 0 Å². The third kappa shape index (κ3) is 3.73. The molecule has 1 aliphatic heterocycles. The van der Waals surface area contributed by atoms with Crippen LogP contribution in [0.25, 0.3) is 0 Å². The zero-order chi connectivity index (χ0) is 12.2. The average molecular weight is 229 g/mol. The van der Waals surface area contributed by atoms with Crippen LogP contribution in [0.4, 0.5) is 0 Å². The molecule has 16 heavy (non-hydrogen) atoms. The number of nitrogens with one attached hydrogen (secondary N) is 1. The first-order valence-corrected chi connectivity index (χ1v) is 5.76. The van der Waals surface area contributed by atoms with Gasteiger partial charge in [-0.3, -0.25) is 4.79 Å². The minimum Gasteiger partial charge on any atom is -0.381 e. The fraction of sp³-hybridized carbons (Fsp3) is 0.909. The van der Waals surface area contributed by atoms with Crippen LogP contribution in [0.2, 0.25) is 0 Å². The van der Waals surface area contributed by atoms with Gasteiger partial charge in [-0.1, -0.05) is 0 Å². The predicted octanol–water partition coefficient (Wildman–Crippen LogP) is -0.439. The van der Waals surface area contributed by atoms with Gasteiger partial charge in [0.2, 0.25) is 5.91 Å². The van der Waals surface area contributed by atoms with E-state index in [2.05, 4.69) is 5.32 Å². The quantitative estimate of drug-likeness (QED) is 0.686. The molecule has 1 saturated heterocycles. The van der Waals surface area contributed by atoms with Crippen molar-refractivity contribution in [1.29, 1.82) is 0 Å². The lowest BCUT2D eigenvalue weighted by molar-refractivity contribution is -0.130. The Morgan fingerprint density at radius 2 is 2.06 bits per heavy atom. The highest BCUT2D eigenvalue weighted by molar-refractivity contribution is 5.86. The van der Waals surface area contributed by atoms with Gasteiger partial charge in [-0.2, -0.15) is 0 Å². The fourth-order valence-corrected chi connectivity index (χ4v) is 1.92. The van der Waals surface area contributed by atoms with E-state index in [9.17, 15) is 4.79 Å². The predicted molar refractivity (Wildman–Crippen MR) is 63.1 cm³/mol. The molecule has 1 unspecified atom stereocenters. The van der Waals surface area contributed by atoms with Crippen LogP contribution in [0, 0.1) is 0 Å². The number of rotatable bonds is 4. The Kier molecular flexibility index (Phi) is 4.70.